The summed E-state index contributed by atoms with van der Waals surface area (Å²) in [6.07, 6.45) is 3.42. The van der Waals surface area contributed by atoms with Crippen LogP contribution < -0.4 is 5.32 Å². The molecule has 1 heteroatoms. The van der Waals surface area contributed by atoms with Gasteiger partial charge in [-0.25, -0.2) is 0 Å². The number of hydrogen-bond donors (Lipinski definition) is 1. The third-order valence-electron chi connectivity index (χ3n) is 3.89. The molecule has 16 heavy (non-hydrogen) atoms. The van der Waals surface area contributed by atoms with Crippen LogP contribution in [0.3, 0.4) is 0 Å². The van der Waals surface area contributed by atoms with Crippen molar-refractivity contribution in [1.82, 2.24) is 5.32 Å². The maximum atomic E-state index is 4.00. The standard InChI is InChI=1S/C15H21N/c1-4-15(2,11-16-3)14-10-13(14)12-8-6-5-7-9-12/h4-9,13-14,16H,1,10-11H2,2-3H3. The lowest BCUT2D eigenvalue weighted by molar-refractivity contribution is 0.346. The minimum atomic E-state index is 0.231. The minimum absolute atomic E-state index is 0.231. The van der Waals surface area contributed by atoms with E-state index in [-0.39, 0.29) is 5.41 Å². The van der Waals surface area contributed by atoms with Crippen LogP contribution in [0.4, 0.5) is 0 Å². The summed E-state index contributed by atoms with van der Waals surface area (Å²) in [6.45, 7) is 7.33. The Balaban J connectivity index is 2.08. The lowest BCUT2D eigenvalue weighted by Gasteiger charge is -2.26. The van der Waals surface area contributed by atoms with Gasteiger partial charge in [-0.2, -0.15) is 0 Å². The number of hydrogen-bond acceptors (Lipinski definition) is 1. The van der Waals surface area contributed by atoms with Crippen molar-refractivity contribution in [3.63, 3.8) is 0 Å². The normalized spacial score (nSPS) is 27.1. The lowest BCUT2D eigenvalue weighted by atomic mass is 9.83. The first-order valence-electron chi connectivity index (χ1n) is 6.04. The Morgan fingerprint density at radius 2 is 2.12 bits per heavy atom. The van der Waals surface area contributed by atoms with Crippen LogP contribution in [0.1, 0.15) is 24.8 Å². The molecule has 1 aliphatic carbocycles. The minimum Gasteiger partial charge on any atom is -0.319 e. The van der Waals surface area contributed by atoms with Crippen LogP contribution in [0.5, 0.6) is 0 Å². The smallest absolute Gasteiger partial charge is 0.00396 e. The van der Waals surface area contributed by atoms with Crippen LogP contribution in [0.2, 0.25) is 0 Å². The summed E-state index contributed by atoms with van der Waals surface area (Å²) in [5, 5.41) is 3.28. The van der Waals surface area contributed by atoms with Crippen molar-refractivity contribution in [3.8, 4) is 0 Å². The van der Waals surface area contributed by atoms with Crippen LogP contribution >= 0.6 is 0 Å². The Kier molecular flexibility index (Phi) is 3.15. The Morgan fingerprint density at radius 3 is 2.69 bits per heavy atom. The monoisotopic (exact) mass is 215 g/mol. The molecule has 0 aromatic heterocycles. The molecule has 86 valence electrons. The Bertz CT molecular complexity index is 357. The zero-order valence-corrected chi connectivity index (χ0v) is 10.2. The molecule has 1 N–H and O–H groups in total. The molecule has 1 saturated carbocycles. The Hall–Kier alpha value is -1.08. The van der Waals surface area contributed by atoms with Gasteiger partial charge in [0.15, 0.2) is 0 Å². The van der Waals surface area contributed by atoms with Gasteiger partial charge in [-0.1, -0.05) is 43.3 Å². The van der Waals surface area contributed by atoms with E-state index in [1.807, 2.05) is 7.05 Å². The maximum Gasteiger partial charge on any atom is 0.00396 e. The summed E-state index contributed by atoms with van der Waals surface area (Å²) in [4.78, 5) is 0. The molecule has 0 saturated heterocycles. The maximum absolute atomic E-state index is 4.00. The second-order valence-corrected chi connectivity index (χ2v) is 5.10. The molecule has 0 bridgehead atoms. The molecule has 1 fully saturated rings. The van der Waals surface area contributed by atoms with Crippen LogP contribution in [-0.2, 0) is 0 Å². The average molecular weight is 215 g/mol. The zero-order chi connectivity index (χ0) is 11.6. The highest BCUT2D eigenvalue weighted by Gasteiger charge is 2.48. The van der Waals surface area contributed by atoms with Crippen molar-refractivity contribution < 1.29 is 0 Å². The van der Waals surface area contributed by atoms with Gasteiger partial charge in [0.1, 0.15) is 0 Å². The van der Waals surface area contributed by atoms with E-state index < -0.39 is 0 Å². The van der Waals surface area contributed by atoms with Crippen molar-refractivity contribution >= 4 is 0 Å². The van der Waals surface area contributed by atoms with E-state index in [4.69, 9.17) is 0 Å². The SMILES string of the molecule is C=CC(C)(CNC)C1CC1c1ccccc1. The number of rotatable bonds is 5. The molecule has 0 amide bonds. The van der Waals surface area contributed by atoms with Crippen molar-refractivity contribution in [3.05, 3.63) is 48.6 Å². The van der Waals surface area contributed by atoms with E-state index in [1.165, 1.54) is 12.0 Å². The van der Waals surface area contributed by atoms with E-state index >= 15 is 0 Å². The fourth-order valence-corrected chi connectivity index (χ4v) is 2.73. The second-order valence-electron chi connectivity index (χ2n) is 5.10. The molecule has 2 rings (SSSR count). The summed E-state index contributed by atoms with van der Waals surface area (Å²) in [7, 11) is 2.02. The third kappa shape index (κ3) is 2.05. The average Bonchev–Trinajstić information content (AvgIpc) is 3.11. The molecule has 0 heterocycles. The highest BCUT2D eigenvalue weighted by Crippen LogP contribution is 2.57. The van der Waals surface area contributed by atoms with E-state index in [0.717, 1.165) is 18.4 Å². The fourth-order valence-electron chi connectivity index (χ4n) is 2.73. The summed E-state index contributed by atoms with van der Waals surface area (Å²) >= 11 is 0. The summed E-state index contributed by atoms with van der Waals surface area (Å²) in [6, 6.07) is 10.8. The molecule has 0 aliphatic heterocycles. The molecule has 3 atom stereocenters. The summed E-state index contributed by atoms with van der Waals surface area (Å²) in [5.74, 6) is 1.48. The predicted molar refractivity (Wildman–Crippen MR) is 69.5 cm³/mol. The fraction of sp³-hybridized carbons (Fsp3) is 0.467. The highest BCUT2D eigenvalue weighted by atomic mass is 14.8. The van der Waals surface area contributed by atoms with Crippen molar-refractivity contribution in [2.75, 3.05) is 13.6 Å². The van der Waals surface area contributed by atoms with Gasteiger partial charge in [-0.05, 0) is 30.9 Å². The largest absolute Gasteiger partial charge is 0.319 e. The molecule has 0 radical (unpaired) electrons. The first-order chi connectivity index (χ1) is 7.71. The second kappa shape index (κ2) is 4.42. The van der Waals surface area contributed by atoms with Crippen molar-refractivity contribution in [2.24, 2.45) is 11.3 Å². The van der Waals surface area contributed by atoms with Gasteiger partial charge >= 0.3 is 0 Å². The predicted octanol–water partition coefficient (Wildman–Crippen LogP) is 3.20. The molecular weight excluding hydrogens is 194 g/mol. The molecule has 1 aromatic carbocycles. The van der Waals surface area contributed by atoms with Crippen LogP contribution in [0, 0.1) is 11.3 Å². The van der Waals surface area contributed by atoms with Crippen LogP contribution in [0.25, 0.3) is 0 Å². The molecule has 0 spiro atoms. The van der Waals surface area contributed by atoms with Crippen molar-refractivity contribution in [2.45, 2.75) is 19.3 Å². The summed E-state index contributed by atoms with van der Waals surface area (Å²) < 4.78 is 0. The molecule has 1 aliphatic rings. The van der Waals surface area contributed by atoms with Gasteiger partial charge in [0, 0.05) is 12.0 Å². The van der Waals surface area contributed by atoms with E-state index in [1.54, 1.807) is 0 Å². The molecule has 1 nitrogen and oxygen atoms in total. The van der Waals surface area contributed by atoms with E-state index in [2.05, 4.69) is 55.2 Å². The van der Waals surface area contributed by atoms with E-state index in [0.29, 0.717) is 0 Å². The van der Waals surface area contributed by atoms with Gasteiger partial charge in [0.05, 0.1) is 0 Å². The first kappa shape index (κ1) is 11.4. The zero-order valence-electron chi connectivity index (χ0n) is 10.2. The van der Waals surface area contributed by atoms with Crippen LogP contribution in [-0.4, -0.2) is 13.6 Å². The quantitative estimate of drug-likeness (QED) is 0.744. The van der Waals surface area contributed by atoms with Crippen LogP contribution in [0.15, 0.2) is 43.0 Å². The molecule has 1 aromatic rings. The lowest BCUT2D eigenvalue weighted by Crippen LogP contribution is -2.30. The Labute approximate surface area is 98.6 Å². The van der Waals surface area contributed by atoms with Gasteiger partial charge in [0.2, 0.25) is 0 Å². The number of nitrogens with one attached hydrogen (secondary N) is 1. The van der Waals surface area contributed by atoms with E-state index in [9.17, 15) is 0 Å². The number of benzene rings is 1. The highest BCUT2D eigenvalue weighted by molar-refractivity contribution is 5.28. The van der Waals surface area contributed by atoms with Crippen molar-refractivity contribution in [1.29, 1.82) is 0 Å². The summed E-state index contributed by atoms with van der Waals surface area (Å²) in [5.41, 5.74) is 1.71. The first-order valence-corrected chi connectivity index (χ1v) is 6.04. The van der Waals surface area contributed by atoms with Gasteiger partial charge in [-0.15, -0.1) is 6.58 Å². The molecule has 3 unspecified atom stereocenters. The van der Waals surface area contributed by atoms with Gasteiger partial charge in [0.25, 0.3) is 0 Å². The molecular formula is C15H21N. The topological polar surface area (TPSA) is 12.0 Å². The Morgan fingerprint density at radius 1 is 1.44 bits per heavy atom. The van der Waals surface area contributed by atoms with Gasteiger partial charge < -0.3 is 5.32 Å². The van der Waals surface area contributed by atoms with Gasteiger partial charge in [-0.3, -0.25) is 0 Å². The third-order valence-corrected chi connectivity index (χ3v) is 3.89.